The molecule has 0 radical (unpaired) electrons. The van der Waals surface area contributed by atoms with Crippen molar-refractivity contribution in [3.8, 4) is 0 Å². The van der Waals surface area contributed by atoms with Gasteiger partial charge in [-0.05, 0) is 57.4 Å². The van der Waals surface area contributed by atoms with E-state index in [1.165, 1.54) is 0 Å². The predicted molar refractivity (Wildman–Crippen MR) is 104 cm³/mol. The summed E-state index contributed by atoms with van der Waals surface area (Å²) < 4.78 is 3.71. The Balaban J connectivity index is 1.53. The molecule has 8 heteroatoms. The summed E-state index contributed by atoms with van der Waals surface area (Å²) in [6.07, 6.45) is 5.71. The van der Waals surface area contributed by atoms with E-state index >= 15 is 0 Å². The Labute approximate surface area is 161 Å². The van der Waals surface area contributed by atoms with E-state index in [1.54, 1.807) is 10.7 Å². The molecule has 0 unspecified atom stereocenters. The van der Waals surface area contributed by atoms with E-state index in [4.69, 9.17) is 5.10 Å². The molecule has 4 aromatic heterocycles. The minimum atomic E-state index is -0.469. The number of rotatable bonds is 4. The zero-order valence-electron chi connectivity index (χ0n) is 16.0. The van der Waals surface area contributed by atoms with Gasteiger partial charge in [0.25, 0.3) is 0 Å². The van der Waals surface area contributed by atoms with Crippen LogP contribution in [0.25, 0.3) is 11.3 Å². The topological polar surface area (TPSA) is 89.5 Å². The molecule has 0 aromatic carbocycles. The number of fused-ring (bicyclic) bond motifs is 2. The number of imidazole rings is 1. The number of hydrogen-bond donors (Lipinski definition) is 1. The number of nitrogens with zero attached hydrogens (tertiary/aromatic N) is 6. The van der Waals surface area contributed by atoms with Gasteiger partial charge in [-0.2, -0.15) is 5.10 Å². The molecule has 142 valence electrons. The van der Waals surface area contributed by atoms with Crippen molar-refractivity contribution in [1.82, 2.24) is 29.2 Å². The van der Waals surface area contributed by atoms with Crippen molar-refractivity contribution in [2.24, 2.45) is 5.92 Å². The van der Waals surface area contributed by atoms with E-state index in [0.29, 0.717) is 11.5 Å². The summed E-state index contributed by atoms with van der Waals surface area (Å²) in [4.78, 5) is 16.4. The first-order valence-corrected chi connectivity index (χ1v) is 9.41. The molecule has 1 aliphatic rings. The van der Waals surface area contributed by atoms with E-state index in [2.05, 4.69) is 34.3 Å². The van der Waals surface area contributed by atoms with Gasteiger partial charge in [0.05, 0.1) is 17.3 Å². The molecule has 1 N–H and O–H groups in total. The van der Waals surface area contributed by atoms with Gasteiger partial charge in [0.1, 0.15) is 5.82 Å². The Hall–Kier alpha value is -3.29. The molecule has 1 saturated carbocycles. The fraction of sp³-hybridized carbons (Fsp3) is 0.350. The van der Waals surface area contributed by atoms with Crippen molar-refractivity contribution >= 4 is 23.0 Å². The molecule has 4 aromatic rings. The van der Waals surface area contributed by atoms with Crippen LogP contribution in [0.2, 0.25) is 0 Å². The number of aromatic nitrogens is 6. The third-order valence-electron chi connectivity index (χ3n) is 5.27. The van der Waals surface area contributed by atoms with E-state index in [1.807, 2.05) is 41.8 Å². The second-order valence-corrected chi connectivity index (χ2v) is 7.99. The van der Waals surface area contributed by atoms with Gasteiger partial charge in [-0.15, -0.1) is 10.2 Å². The molecule has 0 spiro atoms. The van der Waals surface area contributed by atoms with Gasteiger partial charge >= 0.3 is 0 Å². The number of aryl methyl sites for hydroxylation is 1. The zero-order valence-corrected chi connectivity index (χ0v) is 16.0. The van der Waals surface area contributed by atoms with E-state index < -0.39 is 5.41 Å². The summed E-state index contributed by atoms with van der Waals surface area (Å²) in [5.74, 6) is 1.52. The summed E-state index contributed by atoms with van der Waals surface area (Å²) in [6, 6.07) is 7.84. The highest BCUT2D eigenvalue weighted by molar-refractivity contribution is 5.93. The number of carbonyl (C=O) groups is 1. The molecule has 1 fully saturated rings. The Morgan fingerprint density at radius 1 is 1.11 bits per heavy atom. The van der Waals surface area contributed by atoms with Crippen molar-refractivity contribution < 1.29 is 4.79 Å². The standard InChI is InChI=1S/C20H21N7O/c1-12-4-8-17-23-24-19(26(17)10-12)20(2,3)14-7-9-16-21-15(11-27(16)25-14)22-18(28)13-5-6-13/h4,7-11,13H,5-6H2,1-3H3,(H,22,28). The predicted octanol–water partition coefficient (Wildman–Crippen LogP) is 2.75. The number of anilines is 1. The number of pyridine rings is 1. The normalized spacial score (nSPS) is 14.7. The van der Waals surface area contributed by atoms with Crippen LogP contribution in [-0.4, -0.2) is 35.1 Å². The van der Waals surface area contributed by atoms with E-state index in [0.717, 1.165) is 35.6 Å². The maximum Gasteiger partial charge on any atom is 0.228 e. The lowest BCUT2D eigenvalue weighted by Gasteiger charge is -2.22. The average molecular weight is 375 g/mol. The monoisotopic (exact) mass is 375 g/mol. The molecule has 5 rings (SSSR count). The number of nitrogens with one attached hydrogen (secondary N) is 1. The van der Waals surface area contributed by atoms with Crippen molar-refractivity contribution in [2.75, 3.05) is 5.32 Å². The van der Waals surface area contributed by atoms with Gasteiger partial charge in [-0.1, -0.05) is 6.07 Å². The smallest absolute Gasteiger partial charge is 0.228 e. The third-order valence-corrected chi connectivity index (χ3v) is 5.27. The molecule has 4 heterocycles. The molecule has 28 heavy (non-hydrogen) atoms. The van der Waals surface area contributed by atoms with Crippen LogP contribution in [-0.2, 0) is 10.2 Å². The minimum Gasteiger partial charge on any atom is -0.309 e. The van der Waals surface area contributed by atoms with Crippen LogP contribution in [0.15, 0.2) is 36.7 Å². The average Bonchev–Trinajstić information content (AvgIpc) is 3.30. The molecule has 8 nitrogen and oxygen atoms in total. The first kappa shape index (κ1) is 16.9. The van der Waals surface area contributed by atoms with Crippen LogP contribution >= 0.6 is 0 Å². The van der Waals surface area contributed by atoms with Crippen LogP contribution < -0.4 is 5.32 Å². The zero-order chi connectivity index (χ0) is 19.5. The van der Waals surface area contributed by atoms with Crippen LogP contribution in [0.4, 0.5) is 5.82 Å². The Morgan fingerprint density at radius 2 is 1.89 bits per heavy atom. The summed E-state index contributed by atoms with van der Waals surface area (Å²) in [5.41, 5.74) is 3.00. The molecule has 0 bridgehead atoms. The Kier molecular flexibility index (Phi) is 3.52. The Morgan fingerprint density at radius 3 is 2.68 bits per heavy atom. The van der Waals surface area contributed by atoms with Crippen molar-refractivity contribution in [3.63, 3.8) is 0 Å². The lowest BCUT2D eigenvalue weighted by atomic mass is 9.88. The summed E-state index contributed by atoms with van der Waals surface area (Å²) in [7, 11) is 0. The maximum atomic E-state index is 12.0. The quantitative estimate of drug-likeness (QED) is 0.592. The highest BCUT2D eigenvalue weighted by Gasteiger charge is 2.32. The largest absolute Gasteiger partial charge is 0.309 e. The molecular weight excluding hydrogens is 354 g/mol. The van der Waals surface area contributed by atoms with Crippen LogP contribution in [0.5, 0.6) is 0 Å². The first-order chi connectivity index (χ1) is 13.4. The molecular formula is C20H21N7O. The van der Waals surface area contributed by atoms with Gasteiger partial charge in [0.15, 0.2) is 17.1 Å². The van der Waals surface area contributed by atoms with Crippen molar-refractivity contribution in [3.05, 3.63) is 53.7 Å². The van der Waals surface area contributed by atoms with Crippen molar-refractivity contribution in [1.29, 1.82) is 0 Å². The second-order valence-electron chi connectivity index (χ2n) is 7.99. The van der Waals surface area contributed by atoms with Crippen LogP contribution in [0, 0.1) is 12.8 Å². The SMILES string of the molecule is Cc1ccc2nnc(C(C)(C)c3ccc4nc(NC(=O)C5CC5)cn4n3)n2c1. The van der Waals surface area contributed by atoms with Gasteiger partial charge in [0.2, 0.25) is 5.91 Å². The molecule has 1 aliphatic carbocycles. The van der Waals surface area contributed by atoms with Gasteiger partial charge in [0, 0.05) is 12.1 Å². The highest BCUT2D eigenvalue weighted by Crippen LogP contribution is 2.31. The maximum absolute atomic E-state index is 12.0. The molecule has 0 saturated heterocycles. The van der Waals surface area contributed by atoms with Crippen LogP contribution in [0.3, 0.4) is 0 Å². The van der Waals surface area contributed by atoms with Crippen molar-refractivity contribution in [2.45, 2.75) is 39.0 Å². The van der Waals surface area contributed by atoms with Gasteiger partial charge < -0.3 is 5.32 Å². The number of hydrogen-bond acceptors (Lipinski definition) is 5. The van der Waals surface area contributed by atoms with Crippen LogP contribution in [0.1, 0.15) is 43.8 Å². The lowest BCUT2D eigenvalue weighted by Crippen LogP contribution is -2.25. The first-order valence-electron chi connectivity index (χ1n) is 9.41. The third kappa shape index (κ3) is 2.72. The second kappa shape index (κ2) is 5.85. The highest BCUT2D eigenvalue weighted by atomic mass is 16.2. The summed E-state index contributed by atoms with van der Waals surface area (Å²) in [6.45, 7) is 6.20. The fourth-order valence-electron chi connectivity index (χ4n) is 3.39. The lowest BCUT2D eigenvalue weighted by molar-refractivity contribution is -0.117. The fourth-order valence-corrected chi connectivity index (χ4v) is 3.39. The summed E-state index contributed by atoms with van der Waals surface area (Å²) in [5, 5.41) is 16.3. The van der Waals surface area contributed by atoms with E-state index in [9.17, 15) is 4.79 Å². The number of carbonyl (C=O) groups excluding carboxylic acids is 1. The Bertz CT molecular complexity index is 1220. The molecule has 0 aliphatic heterocycles. The molecule has 0 atom stereocenters. The number of amides is 1. The molecule has 1 amide bonds. The minimum absolute atomic E-state index is 0.0364. The van der Waals surface area contributed by atoms with Gasteiger partial charge in [-0.3, -0.25) is 9.20 Å². The summed E-state index contributed by atoms with van der Waals surface area (Å²) >= 11 is 0. The van der Waals surface area contributed by atoms with Gasteiger partial charge in [-0.25, -0.2) is 9.50 Å². The van der Waals surface area contributed by atoms with E-state index in [-0.39, 0.29) is 11.8 Å².